The standard InChI is InChI=1S/C16H19N3O2S.ClH/c1-11-10-19(8-7-17-11)16(20)14-9-18-15(22-14)12-3-5-13(21-2)6-4-12;/h3-6,9,11,17H,7-8,10H2,1-2H3;1H. The summed E-state index contributed by atoms with van der Waals surface area (Å²) in [6.45, 7) is 4.43. The molecule has 1 aliphatic heterocycles. The lowest BCUT2D eigenvalue weighted by Crippen LogP contribution is -2.51. The van der Waals surface area contributed by atoms with Gasteiger partial charge in [0.2, 0.25) is 0 Å². The number of methoxy groups -OCH3 is 1. The molecule has 5 nitrogen and oxygen atoms in total. The van der Waals surface area contributed by atoms with Gasteiger partial charge in [0.25, 0.3) is 5.91 Å². The monoisotopic (exact) mass is 353 g/mol. The normalized spacial score (nSPS) is 17.5. The number of aromatic nitrogens is 1. The third-order valence-corrected chi connectivity index (χ3v) is 4.74. The fourth-order valence-electron chi connectivity index (χ4n) is 2.51. The Labute approximate surface area is 146 Å². The Morgan fingerprint density at radius 1 is 1.39 bits per heavy atom. The molecule has 1 fully saturated rings. The number of hydrogen-bond acceptors (Lipinski definition) is 5. The third-order valence-electron chi connectivity index (χ3n) is 3.71. The smallest absolute Gasteiger partial charge is 0.265 e. The highest BCUT2D eigenvalue weighted by atomic mass is 35.5. The summed E-state index contributed by atoms with van der Waals surface area (Å²) in [5.41, 5.74) is 0.999. The second-order valence-electron chi connectivity index (χ2n) is 5.36. The molecule has 0 spiro atoms. The van der Waals surface area contributed by atoms with Gasteiger partial charge in [-0.1, -0.05) is 0 Å². The first-order chi connectivity index (χ1) is 10.7. The number of thiazole rings is 1. The first-order valence-corrected chi connectivity index (χ1v) is 8.12. The van der Waals surface area contributed by atoms with E-state index in [9.17, 15) is 4.79 Å². The fraction of sp³-hybridized carbons (Fsp3) is 0.375. The molecule has 1 N–H and O–H groups in total. The molecule has 1 saturated heterocycles. The molecule has 0 aliphatic carbocycles. The fourth-order valence-corrected chi connectivity index (χ4v) is 3.40. The molecule has 1 aliphatic rings. The highest BCUT2D eigenvalue weighted by molar-refractivity contribution is 7.16. The van der Waals surface area contributed by atoms with Crippen LogP contribution in [0.4, 0.5) is 0 Å². The number of amides is 1. The molecule has 0 bridgehead atoms. The van der Waals surface area contributed by atoms with Crippen molar-refractivity contribution in [1.29, 1.82) is 0 Å². The Kier molecular flexibility index (Phi) is 5.98. The van der Waals surface area contributed by atoms with Gasteiger partial charge < -0.3 is 15.0 Å². The number of carbonyl (C=O) groups is 1. The van der Waals surface area contributed by atoms with Gasteiger partial charge >= 0.3 is 0 Å². The predicted molar refractivity (Wildman–Crippen MR) is 94.7 cm³/mol. The van der Waals surface area contributed by atoms with Gasteiger partial charge in [0.1, 0.15) is 15.6 Å². The van der Waals surface area contributed by atoms with Crippen LogP contribution < -0.4 is 10.1 Å². The molecule has 2 heterocycles. The Hall–Kier alpha value is -1.63. The van der Waals surface area contributed by atoms with Crippen LogP contribution in [0.2, 0.25) is 0 Å². The van der Waals surface area contributed by atoms with E-state index in [2.05, 4.69) is 17.2 Å². The Balaban J connectivity index is 0.00000192. The van der Waals surface area contributed by atoms with Crippen molar-refractivity contribution < 1.29 is 9.53 Å². The summed E-state index contributed by atoms with van der Waals surface area (Å²) in [5.74, 6) is 0.886. The van der Waals surface area contributed by atoms with E-state index in [0.29, 0.717) is 10.9 Å². The number of piperazine rings is 1. The van der Waals surface area contributed by atoms with Crippen molar-refractivity contribution in [2.24, 2.45) is 0 Å². The summed E-state index contributed by atoms with van der Waals surface area (Å²) < 4.78 is 5.15. The molecule has 23 heavy (non-hydrogen) atoms. The zero-order chi connectivity index (χ0) is 15.5. The molecule has 1 amide bonds. The number of rotatable bonds is 3. The lowest BCUT2D eigenvalue weighted by molar-refractivity contribution is 0.0714. The number of ether oxygens (including phenoxy) is 1. The van der Waals surface area contributed by atoms with Crippen molar-refractivity contribution in [3.05, 3.63) is 35.3 Å². The van der Waals surface area contributed by atoms with Gasteiger partial charge in [0.05, 0.1) is 13.3 Å². The minimum atomic E-state index is 0. The summed E-state index contributed by atoms with van der Waals surface area (Å²) in [5, 5.41) is 4.20. The van der Waals surface area contributed by atoms with E-state index in [-0.39, 0.29) is 18.3 Å². The van der Waals surface area contributed by atoms with E-state index in [4.69, 9.17) is 4.74 Å². The van der Waals surface area contributed by atoms with Crippen LogP contribution in [-0.2, 0) is 0 Å². The van der Waals surface area contributed by atoms with Crippen molar-refractivity contribution >= 4 is 29.7 Å². The van der Waals surface area contributed by atoms with Gasteiger partial charge in [-0.15, -0.1) is 23.7 Å². The van der Waals surface area contributed by atoms with E-state index < -0.39 is 0 Å². The second kappa shape index (κ2) is 7.77. The van der Waals surface area contributed by atoms with Crippen molar-refractivity contribution in [2.45, 2.75) is 13.0 Å². The zero-order valence-electron chi connectivity index (χ0n) is 13.1. The molecule has 1 aromatic carbocycles. The number of benzene rings is 1. The van der Waals surface area contributed by atoms with E-state index in [0.717, 1.165) is 36.0 Å². The average molecular weight is 354 g/mol. The predicted octanol–water partition coefficient (Wildman–Crippen LogP) is 2.67. The Morgan fingerprint density at radius 3 is 2.78 bits per heavy atom. The first kappa shape index (κ1) is 17.7. The molecule has 7 heteroatoms. The SMILES string of the molecule is COc1ccc(-c2ncc(C(=O)N3CCNC(C)C3)s2)cc1.Cl. The van der Waals surface area contributed by atoms with Crippen LogP contribution in [0.15, 0.2) is 30.5 Å². The maximum absolute atomic E-state index is 12.5. The number of carbonyl (C=O) groups excluding carboxylic acids is 1. The topological polar surface area (TPSA) is 54.5 Å². The van der Waals surface area contributed by atoms with Crippen LogP contribution in [0.5, 0.6) is 5.75 Å². The van der Waals surface area contributed by atoms with E-state index in [1.54, 1.807) is 13.3 Å². The van der Waals surface area contributed by atoms with Crippen LogP contribution >= 0.6 is 23.7 Å². The van der Waals surface area contributed by atoms with E-state index >= 15 is 0 Å². The maximum atomic E-state index is 12.5. The Morgan fingerprint density at radius 2 is 2.13 bits per heavy atom. The summed E-state index contributed by atoms with van der Waals surface area (Å²) in [6, 6.07) is 8.05. The summed E-state index contributed by atoms with van der Waals surface area (Å²) in [6.07, 6.45) is 1.68. The first-order valence-electron chi connectivity index (χ1n) is 7.30. The van der Waals surface area contributed by atoms with Gasteiger partial charge in [-0.05, 0) is 31.2 Å². The molecule has 1 atom stereocenters. The molecule has 3 rings (SSSR count). The largest absolute Gasteiger partial charge is 0.497 e. The summed E-state index contributed by atoms with van der Waals surface area (Å²) in [7, 11) is 1.64. The molecule has 1 aromatic heterocycles. The summed E-state index contributed by atoms with van der Waals surface area (Å²) in [4.78, 5) is 19.5. The second-order valence-corrected chi connectivity index (χ2v) is 6.40. The van der Waals surface area contributed by atoms with Crippen LogP contribution in [0.3, 0.4) is 0 Å². The lowest BCUT2D eigenvalue weighted by atomic mass is 10.2. The minimum Gasteiger partial charge on any atom is -0.497 e. The molecule has 0 radical (unpaired) electrons. The van der Waals surface area contributed by atoms with Crippen LogP contribution in [0, 0.1) is 0 Å². The highest BCUT2D eigenvalue weighted by Gasteiger charge is 2.23. The number of nitrogens with zero attached hydrogens (tertiary/aromatic N) is 2. The van der Waals surface area contributed by atoms with E-state index in [1.165, 1.54) is 11.3 Å². The number of halogens is 1. The highest BCUT2D eigenvalue weighted by Crippen LogP contribution is 2.27. The quantitative estimate of drug-likeness (QED) is 0.921. The summed E-state index contributed by atoms with van der Waals surface area (Å²) >= 11 is 1.44. The molecular weight excluding hydrogens is 334 g/mol. The maximum Gasteiger partial charge on any atom is 0.265 e. The molecule has 1 unspecified atom stereocenters. The zero-order valence-corrected chi connectivity index (χ0v) is 14.7. The number of hydrogen-bond donors (Lipinski definition) is 1. The average Bonchev–Trinajstić information content (AvgIpc) is 3.04. The van der Waals surface area contributed by atoms with E-state index in [1.807, 2.05) is 29.2 Å². The molecule has 2 aromatic rings. The van der Waals surface area contributed by atoms with Crippen molar-refractivity contribution in [3.8, 4) is 16.3 Å². The van der Waals surface area contributed by atoms with Crippen LogP contribution in [-0.4, -0.2) is 48.6 Å². The van der Waals surface area contributed by atoms with Crippen LogP contribution in [0.1, 0.15) is 16.6 Å². The van der Waals surface area contributed by atoms with Gasteiger partial charge in [-0.3, -0.25) is 4.79 Å². The van der Waals surface area contributed by atoms with Crippen molar-refractivity contribution in [2.75, 3.05) is 26.7 Å². The van der Waals surface area contributed by atoms with Crippen molar-refractivity contribution in [3.63, 3.8) is 0 Å². The van der Waals surface area contributed by atoms with Gasteiger partial charge in [-0.2, -0.15) is 0 Å². The van der Waals surface area contributed by atoms with Gasteiger partial charge in [-0.25, -0.2) is 4.98 Å². The molecule has 124 valence electrons. The number of nitrogens with one attached hydrogen (secondary N) is 1. The molecular formula is C16H20ClN3O2S. The Bertz CT molecular complexity index is 660. The van der Waals surface area contributed by atoms with Gasteiger partial charge in [0, 0.05) is 31.2 Å². The lowest BCUT2D eigenvalue weighted by Gasteiger charge is -2.31. The third kappa shape index (κ3) is 4.02. The minimum absolute atomic E-state index is 0. The van der Waals surface area contributed by atoms with Crippen molar-refractivity contribution in [1.82, 2.24) is 15.2 Å². The molecule has 0 saturated carbocycles. The van der Waals surface area contributed by atoms with Crippen LogP contribution in [0.25, 0.3) is 10.6 Å². The van der Waals surface area contributed by atoms with Gasteiger partial charge in [0.15, 0.2) is 0 Å².